The first kappa shape index (κ1) is 10.9. The molecule has 1 atom stereocenters. The highest BCUT2D eigenvalue weighted by molar-refractivity contribution is 6.45. The van der Waals surface area contributed by atoms with E-state index in [2.05, 4.69) is 0 Å². The second-order valence-corrected chi connectivity index (χ2v) is 4.50. The summed E-state index contributed by atoms with van der Waals surface area (Å²) in [6, 6.07) is 8.94. The number of rotatable bonds is 4. The third kappa shape index (κ3) is 3.31. The Morgan fingerprint density at radius 1 is 1.36 bits per heavy atom. The molecule has 1 aromatic carbocycles. The van der Waals surface area contributed by atoms with Crippen molar-refractivity contribution >= 4 is 15.3 Å². The molecule has 0 aliphatic carbocycles. The third-order valence-corrected chi connectivity index (χ3v) is 3.03. The lowest BCUT2D eigenvalue weighted by molar-refractivity contribution is 0.0684. The van der Waals surface area contributed by atoms with Crippen molar-refractivity contribution in [1.29, 1.82) is 0 Å². The van der Waals surface area contributed by atoms with Gasteiger partial charge in [0.2, 0.25) is 0 Å². The van der Waals surface area contributed by atoms with E-state index < -0.39 is 9.28 Å². The Balaban J connectivity index is 2.51. The van der Waals surface area contributed by atoms with Crippen LogP contribution >= 0.6 is 0 Å². The Morgan fingerprint density at radius 3 is 2.57 bits per heavy atom. The molecule has 14 heavy (non-hydrogen) atoms. The molecular weight excluding hydrogens is 196 g/mol. The molecule has 0 saturated carbocycles. The Bertz CT molecular complexity index is 287. The van der Waals surface area contributed by atoms with Gasteiger partial charge in [0.05, 0.1) is 5.56 Å². The first-order valence-electron chi connectivity index (χ1n) is 4.61. The third-order valence-electron chi connectivity index (χ3n) is 1.68. The lowest BCUT2D eigenvalue weighted by atomic mass is 10.2. The van der Waals surface area contributed by atoms with Crippen molar-refractivity contribution in [3.05, 3.63) is 35.9 Å². The summed E-state index contributed by atoms with van der Waals surface area (Å²) in [6.07, 6.45) is 0. The van der Waals surface area contributed by atoms with Gasteiger partial charge in [-0.05, 0) is 25.6 Å². The molecular formula is C10H14O3Si. The van der Waals surface area contributed by atoms with Gasteiger partial charge in [0, 0.05) is 6.61 Å². The second kappa shape index (κ2) is 5.57. The quantitative estimate of drug-likeness (QED) is 0.710. The van der Waals surface area contributed by atoms with E-state index in [0.29, 0.717) is 12.2 Å². The van der Waals surface area contributed by atoms with Gasteiger partial charge in [0.1, 0.15) is 0 Å². The smallest absolute Gasteiger partial charge is 0.382 e. The summed E-state index contributed by atoms with van der Waals surface area (Å²) in [5.41, 5.74) is 0.576. The van der Waals surface area contributed by atoms with Crippen molar-refractivity contribution in [3.8, 4) is 0 Å². The molecule has 1 aromatic rings. The monoisotopic (exact) mass is 210 g/mol. The summed E-state index contributed by atoms with van der Waals surface area (Å²) in [6.45, 7) is 4.32. The van der Waals surface area contributed by atoms with Gasteiger partial charge in [-0.2, -0.15) is 0 Å². The second-order valence-electron chi connectivity index (χ2n) is 2.79. The molecule has 0 aliphatic rings. The lowest BCUT2D eigenvalue weighted by Gasteiger charge is -2.10. The molecule has 0 N–H and O–H groups in total. The van der Waals surface area contributed by atoms with Gasteiger partial charge in [-0.1, -0.05) is 18.2 Å². The Hall–Kier alpha value is -1.13. The molecule has 0 saturated heterocycles. The fraction of sp³-hybridized carbons (Fsp3) is 0.300. The van der Waals surface area contributed by atoms with Crippen molar-refractivity contribution < 1.29 is 13.6 Å². The number of carbonyl (C=O) groups is 1. The van der Waals surface area contributed by atoms with E-state index in [1.54, 1.807) is 12.1 Å². The van der Waals surface area contributed by atoms with Gasteiger partial charge in [0.15, 0.2) is 0 Å². The Morgan fingerprint density at radius 2 is 2.00 bits per heavy atom. The molecule has 0 bridgehead atoms. The van der Waals surface area contributed by atoms with E-state index in [9.17, 15) is 4.79 Å². The first-order valence-corrected chi connectivity index (χ1v) is 6.71. The van der Waals surface area contributed by atoms with Crippen LogP contribution in [0.1, 0.15) is 17.3 Å². The molecule has 1 rings (SSSR count). The molecule has 0 aliphatic heterocycles. The number of hydrogen-bond acceptors (Lipinski definition) is 3. The zero-order valence-electron chi connectivity index (χ0n) is 8.40. The predicted molar refractivity (Wildman–Crippen MR) is 56.5 cm³/mol. The maximum Gasteiger partial charge on any atom is 0.382 e. The molecule has 0 spiro atoms. The molecule has 4 heteroatoms. The van der Waals surface area contributed by atoms with E-state index in [0.717, 1.165) is 0 Å². The molecule has 1 unspecified atom stereocenters. The molecule has 76 valence electrons. The van der Waals surface area contributed by atoms with Crippen LogP contribution < -0.4 is 0 Å². The lowest BCUT2D eigenvalue weighted by Crippen LogP contribution is -2.22. The van der Waals surface area contributed by atoms with Crippen LogP contribution in [0.2, 0.25) is 6.55 Å². The minimum Gasteiger partial charge on any atom is -0.493 e. The van der Waals surface area contributed by atoms with Crippen LogP contribution in [-0.2, 0) is 8.85 Å². The summed E-state index contributed by atoms with van der Waals surface area (Å²) < 4.78 is 10.4. The van der Waals surface area contributed by atoms with Gasteiger partial charge in [-0.3, -0.25) is 0 Å². The van der Waals surface area contributed by atoms with Crippen molar-refractivity contribution in [2.24, 2.45) is 0 Å². The Labute approximate surface area is 85.5 Å². The number of hydrogen-bond donors (Lipinski definition) is 0. The molecule has 0 aromatic heterocycles. The van der Waals surface area contributed by atoms with Crippen LogP contribution in [0.4, 0.5) is 0 Å². The van der Waals surface area contributed by atoms with E-state index >= 15 is 0 Å². The zero-order valence-corrected chi connectivity index (χ0v) is 9.55. The summed E-state index contributed by atoms with van der Waals surface area (Å²) >= 11 is 0. The van der Waals surface area contributed by atoms with Gasteiger partial charge in [-0.25, -0.2) is 4.79 Å². The fourth-order valence-corrected chi connectivity index (χ4v) is 2.04. The number of carbonyl (C=O) groups excluding carboxylic acids is 1. The minimum atomic E-state index is -1.78. The first-order chi connectivity index (χ1) is 6.74. The maximum atomic E-state index is 11.5. The average molecular weight is 210 g/mol. The fourth-order valence-electron chi connectivity index (χ4n) is 1.06. The average Bonchev–Trinajstić information content (AvgIpc) is 2.19. The maximum absolute atomic E-state index is 11.5. The van der Waals surface area contributed by atoms with Crippen LogP contribution in [0.5, 0.6) is 0 Å². The largest absolute Gasteiger partial charge is 0.493 e. The van der Waals surface area contributed by atoms with Gasteiger partial charge < -0.3 is 8.85 Å². The highest BCUT2D eigenvalue weighted by Crippen LogP contribution is 2.02. The van der Waals surface area contributed by atoms with Crippen molar-refractivity contribution in [1.82, 2.24) is 0 Å². The summed E-state index contributed by atoms with van der Waals surface area (Å²) in [4.78, 5) is 11.5. The zero-order chi connectivity index (χ0) is 10.4. The molecule has 0 radical (unpaired) electrons. The standard InChI is InChI=1S/C10H14O3Si/c1-3-12-14(2)13-10(11)9-7-5-4-6-8-9/h4-8,14H,3H2,1-2H3. The molecule has 0 heterocycles. The van der Waals surface area contributed by atoms with Crippen LogP contribution in [0, 0.1) is 0 Å². The molecule has 3 nitrogen and oxygen atoms in total. The van der Waals surface area contributed by atoms with Gasteiger partial charge in [0.25, 0.3) is 0 Å². The van der Waals surface area contributed by atoms with Crippen LogP contribution in [0.25, 0.3) is 0 Å². The van der Waals surface area contributed by atoms with Crippen molar-refractivity contribution in [2.45, 2.75) is 13.5 Å². The summed E-state index contributed by atoms with van der Waals surface area (Å²) in [7, 11) is -1.78. The SMILES string of the molecule is CCO[SiH](C)OC(=O)c1ccccc1. The van der Waals surface area contributed by atoms with Crippen LogP contribution in [-0.4, -0.2) is 21.9 Å². The van der Waals surface area contributed by atoms with E-state index in [1.807, 2.05) is 31.7 Å². The summed E-state index contributed by atoms with van der Waals surface area (Å²) in [5.74, 6) is -0.293. The van der Waals surface area contributed by atoms with E-state index in [4.69, 9.17) is 8.85 Å². The summed E-state index contributed by atoms with van der Waals surface area (Å²) in [5, 5.41) is 0. The minimum absolute atomic E-state index is 0.293. The van der Waals surface area contributed by atoms with Crippen LogP contribution in [0.3, 0.4) is 0 Å². The highest BCUT2D eigenvalue weighted by Gasteiger charge is 2.12. The van der Waals surface area contributed by atoms with Gasteiger partial charge in [-0.15, -0.1) is 0 Å². The molecule has 0 amide bonds. The normalized spacial score (nSPS) is 12.1. The Kier molecular flexibility index (Phi) is 4.35. The van der Waals surface area contributed by atoms with Crippen molar-refractivity contribution in [2.75, 3.05) is 6.61 Å². The van der Waals surface area contributed by atoms with Gasteiger partial charge >= 0.3 is 15.3 Å². The number of benzene rings is 1. The van der Waals surface area contributed by atoms with E-state index in [1.165, 1.54) is 0 Å². The van der Waals surface area contributed by atoms with Crippen molar-refractivity contribution in [3.63, 3.8) is 0 Å². The topological polar surface area (TPSA) is 35.5 Å². The van der Waals surface area contributed by atoms with Crippen LogP contribution in [0.15, 0.2) is 30.3 Å². The molecule has 0 fully saturated rings. The van der Waals surface area contributed by atoms with E-state index in [-0.39, 0.29) is 5.97 Å². The predicted octanol–water partition coefficient (Wildman–Crippen LogP) is 1.73. The highest BCUT2D eigenvalue weighted by atomic mass is 28.3.